The number of alkyl halides is 1. The van der Waals surface area contributed by atoms with Crippen molar-refractivity contribution in [1.82, 2.24) is 15.1 Å². The Balaban J connectivity index is 1.08. The van der Waals surface area contributed by atoms with E-state index in [2.05, 4.69) is 10.2 Å². The molecule has 1 unspecified atom stereocenters. The van der Waals surface area contributed by atoms with Crippen LogP contribution in [0.2, 0.25) is 0 Å². The smallest absolute Gasteiger partial charge is 0.255 e. The van der Waals surface area contributed by atoms with Gasteiger partial charge in [-0.25, -0.2) is 4.39 Å². The molecule has 7 rings (SSSR count). The van der Waals surface area contributed by atoms with Crippen molar-refractivity contribution >= 4 is 17.7 Å². The first-order valence-corrected chi connectivity index (χ1v) is 13.2. The molecule has 7 nitrogen and oxygen atoms in total. The first-order valence-electron chi connectivity index (χ1n) is 13.2. The molecule has 2 saturated heterocycles. The van der Waals surface area contributed by atoms with Crippen LogP contribution in [-0.4, -0.2) is 65.5 Å². The van der Waals surface area contributed by atoms with Crippen LogP contribution in [0.15, 0.2) is 18.2 Å². The molecule has 6 aliphatic rings. The Bertz CT molecular complexity index is 1030. The Morgan fingerprint density at radius 1 is 1.06 bits per heavy atom. The number of benzene rings is 1. The van der Waals surface area contributed by atoms with Crippen molar-refractivity contribution in [2.75, 3.05) is 19.7 Å². The van der Waals surface area contributed by atoms with Gasteiger partial charge in [-0.1, -0.05) is 6.42 Å². The Kier molecular flexibility index (Phi) is 6.03. The Morgan fingerprint density at radius 3 is 2.71 bits per heavy atom. The van der Waals surface area contributed by atoms with Gasteiger partial charge in [-0.15, -0.1) is 0 Å². The molecule has 2 bridgehead atoms. The van der Waals surface area contributed by atoms with E-state index in [1.807, 2.05) is 12.1 Å². The van der Waals surface area contributed by atoms with E-state index < -0.39 is 18.1 Å². The van der Waals surface area contributed by atoms with E-state index in [4.69, 9.17) is 4.74 Å². The van der Waals surface area contributed by atoms with Gasteiger partial charge in [0.25, 0.3) is 5.91 Å². The first-order chi connectivity index (χ1) is 17.0. The summed E-state index contributed by atoms with van der Waals surface area (Å²) in [5.74, 6) is 1.39. The van der Waals surface area contributed by atoms with E-state index in [1.54, 1.807) is 11.0 Å². The fraction of sp³-hybridized carbons (Fsp3) is 0.667. The normalized spacial score (nSPS) is 34.9. The molecule has 4 atom stereocenters. The Morgan fingerprint density at radius 2 is 1.91 bits per heavy atom. The minimum Gasteiger partial charge on any atom is -0.492 e. The fourth-order valence-electron chi connectivity index (χ4n) is 6.91. The molecule has 3 amide bonds. The molecule has 0 aromatic heterocycles. The average Bonchev–Trinajstić information content (AvgIpc) is 3.13. The number of ether oxygens (including phenoxy) is 1. The van der Waals surface area contributed by atoms with Crippen molar-refractivity contribution in [3.63, 3.8) is 0 Å². The molecule has 0 spiro atoms. The van der Waals surface area contributed by atoms with Crippen molar-refractivity contribution in [3.05, 3.63) is 29.3 Å². The third-order valence-corrected chi connectivity index (χ3v) is 9.07. The zero-order valence-corrected chi connectivity index (χ0v) is 20.1. The van der Waals surface area contributed by atoms with Crippen LogP contribution in [0, 0.1) is 17.8 Å². The maximum absolute atomic E-state index is 14.3. The van der Waals surface area contributed by atoms with Crippen molar-refractivity contribution in [2.45, 2.75) is 76.2 Å². The van der Waals surface area contributed by atoms with Crippen LogP contribution in [0.25, 0.3) is 0 Å². The predicted molar refractivity (Wildman–Crippen MR) is 126 cm³/mol. The van der Waals surface area contributed by atoms with E-state index in [0.717, 1.165) is 50.1 Å². The van der Waals surface area contributed by atoms with Gasteiger partial charge >= 0.3 is 0 Å². The van der Waals surface area contributed by atoms with Crippen molar-refractivity contribution in [1.29, 1.82) is 0 Å². The summed E-state index contributed by atoms with van der Waals surface area (Å²) in [6, 6.07) is 5.25. The zero-order valence-electron chi connectivity index (χ0n) is 20.1. The van der Waals surface area contributed by atoms with E-state index in [-0.39, 0.29) is 18.2 Å². The van der Waals surface area contributed by atoms with Crippen LogP contribution in [0.3, 0.4) is 0 Å². The molecular formula is C27H34FN3O4. The van der Waals surface area contributed by atoms with E-state index in [1.165, 1.54) is 12.8 Å². The standard InChI is InChI=1S/C27H34FN3O4/c28-23-12-18(16-9-17(23)10-16)13-30-8-2-1-3-20(30)15-35-21-4-5-22-19(11-21)14-31(27(22)34)24-6-7-25(32)29-26(24)33/h4-5,11,16-18,20,23-24H,1-3,6-10,12-15H2,(H,29,32,33)/t16?,17?,18-,20+,23-,24?/m0/s1. The van der Waals surface area contributed by atoms with Gasteiger partial charge in [-0.2, -0.15) is 0 Å². The predicted octanol–water partition coefficient (Wildman–Crippen LogP) is 3.07. The molecule has 1 aromatic carbocycles. The number of halogens is 1. The molecule has 8 heteroatoms. The quantitative estimate of drug-likeness (QED) is 0.630. The number of rotatable bonds is 6. The molecule has 3 heterocycles. The zero-order chi connectivity index (χ0) is 24.1. The number of nitrogens with zero attached hydrogens (tertiary/aromatic N) is 2. The third kappa shape index (κ3) is 4.34. The maximum Gasteiger partial charge on any atom is 0.255 e. The van der Waals surface area contributed by atoms with Gasteiger partial charge in [-0.3, -0.25) is 24.6 Å². The number of carbonyl (C=O) groups excluding carboxylic acids is 3. The van der Waals surface area contributed by atoms with Gasteiger partial charge in [0, 0.05) is 31.1 Å². The molecule has 3 aliphatic carbocycles. The van der Waals surface area contributed by atoms with E-state index in [0.29, 0.717) is 48.9 Å². The molecular weight excluding hydrogens is 449 g/mol. The second kappa shape index (κ2) is 9.19. The number of piperidine rings is 2. The number of amides is 3. The van der Waals surface area contributed by atoms with E-state index in [9.17, 15) is 18.8 Å². The summed E-state index contributed by atoms with van der Waals surface area (Å²) in [5, 5.41) is 2.34. The molecule has 5 fully saturated rings. The molecule has 188 valence electrons. The van der Waals surface area contributed by atoms with Gasteiger partial charge in [0.1, 0.15) is 24.6 Å². The second-order valence-electron chi connectivity index (χ2n) is 11.2. The van der Waals surface area contributed by atoms with Gasteiger partial charge < -0.3 is 9.64 Å². The minimum absolute atomic E-state index is 0.170. The number of hydrogen-bond donors (Lipinski definition) is 1. The lowest BCUT2D eigenvalue weighted by Crippen LogP contribution is -2.52. The highest BCUT2D eigenvalue weighted by atomic mass is 19.1. The number of carbonyl (C=O) groups is 3. The lowest BCUT2D eigenvalue weighted by Gasteiger charge is -2.50. The number of nitrogens with one attached hydrogen (secondary N) is 1. The topological polar surface area (TPSA) is 79.0 Å². The summed E-state index contributed by atoms with van der Waals surface area (Å²) in [6.45, 7) is 2.97. The van der Waals surface area contributed by atoms with Crippen LogP contribution in [0.5, 0.6) is 5.75 Å². The number of likely N-dealkylation sites (tertiary alicyclic amines) is 1. The highest BCUT2D eigenvalue weighted by Crippen LogP contribution is 2.50. The van der Waals surface area contributed by atoms with Crippen LogP contribution in [-0.2, 0) is 16.1 Å². The van der Waals surface area contributed by atoms with Gasteiger partial charge in [-0.05, 0) is 86.6 Å². The summed E-state index contributed by atoms with van der Waals surface area (Å²) >= 11 is 0. The number of fused-ring (bicyclic) bond motifs is 3. The molecule has 35 heavy (non-hydrogen) atoms. The second-order valence-corrected chi connectivity index (χ2v) is 11.2. The maximum atomic E-state index is 14.3. The Labute approximate surface area is 205 Å². The van der Waals surface area contributed by atoms with Crippen molar-refractivity contribution in [2.24, 2.45) is 17.8 Å². The largest absolute Gasteiger partial charge is 0.492 e. The first kappa shape index (κ1) is 23.0. The molecule has 0 radical (unpaired) electrons. The Hall–Kier alpha value is -2.48. The SMILES string of the molecule is O=C1CCC(N2Cc3cc(OC[C@H]4CCCCN4C[C@@H]4C[C@H](F)C5CC4C5)ccc3C2=O)C(=O)N1. The average molecular weight is 484 g/mol. The number of imide groups is 1. The van der Waals surface area contributed by atoms with Gasteiger partial charge in [0.2, 0.25) is 11.8 Å². The molecule has 3 saturated carbocycles. The minimum atomic E-state index is -0.613. The van der Waals surface area contributed by atoms with Crippen LogP contribution >= 0.6 is 0 Å². The summed E-state index contributed by atoms with van der Waals surface area (Å²) in [6.07, 6.45) is 6.33. The van der Waals surface area contributed by atoms with E-state index >= 15 is 0 Å². The summed E-state index contributed by atoms with van der Waals surface area (Å²) in [4.78, 5) is 40.7. The van der Waals surface area contributed by atoms with Crippen LogP contribution < -0.4 is 10.1 Å². The van der Waals surface area contributed by atoms with Crippen LogP contribution in [0.4, 0.5) is 4.39 Å². The van der Waals surface area contributed by atoms with Gasteiger partial charge in [0.05, 0.1) is 0 Å². The number of hydrogen-bond acceptors (Lipinski definition) is 5. The highest BCUT2D eigenvalue weighted by molar-refractivity contribution is 6.05. The lowest BCUT2D eigenvalue weighted by atomic mass is 9.59. The summed E-state index contributed by atoms with van der Waals surface area (Å²) in [5.41, 5.74) is 1.45. The third-order valence-electron chi connectivity index (χ3n) is 9.07. The highest BCUT2D eigenvalue weighted by Gasteiger charge is 2.47. The monoisotopic (exact) mass is 483 g/mol. The molecule has 3 aliphatic heterocycles. The molecule has 1 aromatic rings. The van der Waals surface area contributed by atoms with Crippen molar-refractivity contribution in [3.8, 4) is 5.75 Å². The van der Waals surface area contributed by atoms with Gasteiger partial charge in [0.15, 0.2) is 0 Å². The fourth-order valence-corrected chi connectivity index (χ4v) is 6.91. The van der Waals surface area contributed by atoms with Crippen molar-refractivity contribution < 1.29 is 23.5 Å². The van der Waals surface area contributed by atoms with Crippen LogP contribution in [0.1, 0.15) is 67.3 Å². The lowest BCUT2D eigenvalue weighted by molar-refractivity contribution is -0.136. The molecule has 1 N–H and O–H groups in total. The summed E-state index contributed by atoms with van der Waals surface area (Å²) in [7, 11) is 0. The summed E-state index contributed by atoms with van der Waals surface area (Å²) < 4.78 is 20.5.